The number of aliphatic carboxylic acids is 1. The Morgan fingerprint density at radius 2 is 1.32 bits per heavy atom. The molecule has 41 heavy (non-hydrogen) atoms. The zero-order valence-corrected chi connectivity index (χ0v) is 24.3. The van der Waals surface area contributed by atoms with Crippen LogP contribution in [0.1, 0.15) is 66.2 Å². The van der Waals surface area contributed by atoms with E-state index in [1.165, 1.54) is 0 Å². The zero-order chi connectivity index (χ0) is 31.7. The summed E-state index contributed by atoms with van der Waals surface area (Å²) in [6.45, 7) is 7.17. The second-order valence-corrected chi connectivity index (χ2v) is 10.6. The quantitative estimate of drug-likeness (QED) is 0.0407. The Bertz CT molecular complexity index is 936. The van der Waals surface area contributed by atoms with Crippen LogP contribution >= 0.6 is 0 Å². The number of carboxylic acids is 1. The molecular formula is C25H47N9O7. The van der Waals surface area contributed by atoms with Crippen molar-refractivity contribution in [2.75, 3.05) is 13.1 Å². The molecule has 0 saturated carbocycles. The molecule has 0 aromatic heterocycles. The van der Waals surface area contributed by atoms with E-state index in [-0.39, 0.29) is 56.4 Å². The molecule has 0 radical (unpaired) electrons. The van der Waals surface area contributed by atoms with E-state index in [2.05, 4.69) is 26.3 Å². The van der Waals surface area contributed by atoms with Gasteiger partial charge in [0.25, 0.3) is 0 Å². The number of carboxylic acid groups (broad SMARTS) is 1. The molecule has 13 N–H and O–H groups in total. The van der Waals surface area contributed by atoms with Crippen LogP contribution in [0.4, 0.5) is 0 Å². The zero-order valence-electron chi connectivity index (χ0n) is 24.3. The molecule has 0 aliphatic rings. The lowest BCUT2D eigenvalue weighted by molar-refractivity contribution is -0.142. The van der Waals surface area contributed by atoms with Crippen LogP contribution in [0, 0.1) is 11.8 Å². The number of guanidine groups is 1. The van der Waals surface area contributed by atoms with Crippen molar-refractivity contribution < 1.29 is 33.9 Å². The number of rotatable bonds is 20. The molecule has 0 aliphatic carbocycles. The van der Waals surface area contributed by atoms with Crippen molar-refractivity contribution in [1.29, 1.82) is 0 Å². The van der Waals surface area contributed by atoms with Gasteiger partial charge in [-0.2, -0.15) is 0 Å². The summed E-state index contributed by atoms with van der Waals surface area (Å²) in [5, 5.41) is 19.3. The Labute approximate surface area is 240 Å². The van der Waals surface area contributed by atoms with Crippen LogP contribution in [0.25, 0.3) is 0 Å². The largest absolute Gasteiger partial charge is 0.480 e. The van der Waals surface area contributed by atoms with Crippen LogP contribution < -0.4 is 44.2 Å². The van der Waals surface area contributed by atoms with E-state index in [4.69, 9.17) is 22.9 Å². The summed E-state index contributed by atoms with van der Waals surface area (Å²) in [5.74, 6) is -4.83. The molecule has 0 spiro atoms. The van der Waals surface area contributed by atoms with Crippen LogP contribution in [0.5, 0.6) is 0 Å². The molecule has 0 aliphatic heterocycles. The van der Waals surface area contributed by atoms with Crippen LogP contribution in [-0.2, 0) is 28.8 Å². The number of hydrogen-bond donors (Lipinski definition) is 9. The molecule has 0 unspecified atom stereocenters. The topological polar surface area (TPSA) is 287 Å². The average Bonchev–Trinajstić information content (AvgIpc) is 2.84. The van der Waals surface area contributed by atoms with E-state index in [1.54, 1.807) is 0 Å². The minimum absolute atomic E-state index is 0.00703. The molecule has 0 rings (SSSR count). The average molecular weight is 586 g/mol. The van der Waals surface area contributed by atoms with Gasteiger partial charge >= 0.3 is 5.97 Å². The molecule has 5 amide bonds. The van der Waals surface area contributed by atoms with E-state index < -0.39 is 66.2 Å². The SMILES string of the molecule is CC(C)C[C@H](NC(=O)CNC(=O)[C@@H](N)CC(C)C)C(=O)N[C@@H](CCC(N)=O)C(=O)N[C@@H](CCCN=C(N)N)C(=O)O. The van der Waals surface area contributed by atoms with Crippen molar-refractivity contribution >= 4 is 41.5 Å². The molecule has 16 nitrogen and oxygen atoms in total. The van der Waals surface area contributed by atoms with Gasteiger partial charge in [0, 0.05) is 13.0 Å². The smallest absolute Gasteiger partial charge is 0.326 e. The van der Waals surface area contributed by atoms with E-state index in [9.17, 15) is 33.9 Å². The number of nitrogens with two attached hydrogens (primary N) is 4. The number of amides is 5. The molecular weight excluding hydrogens is 538 g/mol. The normalized spacial score (nSPS) is 13.8. The Kier molecular flexibility index (Phi) is 17.3. The van der Waals surface area contributed by atoms with Gasteiger partial charge in [-0.15, -0.1) is 0 Å². The Balaban J connectivity index is 5.48. The standard InChI is InChI=1S/C25H47N9O7/c1-13(2)10-15(26)21(37)31-12-20(36)32-18(11-14(3)4)23(39)33-16(7-8-19(27)35)22(38)34-17(24(40)41)6-5-9-30-25(28)29/h13-18H,5-12,26H2,1-4H3,(H2,27,35)(H,31,37)(H,32,36)(H,33,39)(H,34,38)(H,40,41)(H4,28,29,30)/t15-,16-,17-,18-/m0/s1. The summed E-state index contributed by atoms with van der Waals surface area (Å²) in [6.07, 6.45) is 0.371. The van der Waals surface area contributed by atoms with Crippen molar-refractivity contribution in [3.05, 3.63) is 0 Å². The second kappa shape index (κ2) is 19.2. The summed E-state index contributed by atoms with van der Waals surface area (Å²) in [7, 11) is 0. The maximum Gasteiger partial charge on any atom is 0.326 e. The van der Waals surface area contributed by atoms with Crippen molar-refractivity contribution in [3.8, 4) is 0 Å². The van der Waals surface area contributed by atoms with Crippen LogP contribution in [0.15, 0.2) is 4.99 Å². The fraction of sp³-hybridized carbons (Fsp3) is 0.720. The Morgan fingerprint density at radius 3 is 1.83 bits per heavy atom. The first-order chi connectivity index (χ1) is 19.0. The van der Waals surface area contributed by atoms with Gasteiger partial charge in [-0.05, 0) is 43.9 Å². The highest BCUT2D eigenvalue weighted by Gasteiger charge is 2.30. The molecule has 0 aromatic rings. The van der Waals surface area contributed by atoms with Gasteiger partial charge in [0.15, 0.2) is 5.96 Å². The highest BCUT2D eigenvalue weighted by atomic mass is 16.4. The lowest BCUT2D eigenvalue weighted by Gasteiger charge is -2.25. The summed E-state index contributed by atoms with van der Waals surface area (Å²) >= 11 is 0. The van der Waals surface area contributed by atoms with Crippen molar-refractivity contribution in [3.63, 3.8) is 0 Å². The van der Waals surface area contributed by atoms with Crippen molar-refractivity contribution in [2.45, 2.75) is 90.4 Å². The molecule has 234 valence electrons. The van der Waals surface area contributed by atoms with Gasteiger partial charge < -0.3 is 49.3 Å². The lowest BCUT2D eigenvalue weighted by atomic mass is 10.0. The molecule has 0 bridgehead atoms. The molecule has 4 atom stereocenters. The number of hydrogen-bond acceptors (Lipinski definition) is 8. The highest BCUT2D eigenvalue weighted by Crippen LogP contribution is 2.08. The molecule has 16 heteroatoms. The van der Waals surface area contributed by atoms with Crippen LogP contribution in [-0.4, -0.2) is 83.8 Å². The van der Waals surface area contributed by atoms with Gasteiger partial charge in [-0.1, -0.05) is 27.7 Å². The molecule has 0 saturated heterocycles. The third-order valence-electron chi connectivity index (χ3n) is 5.72. The van der Waals surface area contributed by atoms with Gasteiger partial charge in [0.05, 0.1) is 12.6 Å². The number of aliphatic imine (C=N–C) groups is 1. The summed E-state index contributed by atoms with van der Waals surface area (Å²) in [6, 6.07) is -4.53. The maximum absolute atomic E-state index is 13.2. The summed E-state index contributed by atoms with van der Waals surface area (Å²) in [4.78, 5) is 77.6. The monoisotopic (exact) mass is 585 g/mol. The first-order valence-electron chi connectivity index (χ1n) is 13.5. The molecule has 0 aromatic carbocycles. The molecule has 0 fully saturated rings. The predicted octanol–water partition coefficient (Wildman–Crippen LogP) is -2.62. The van der Waals surface area contributed by atoms with E-state index in [1.807, 2.05) is 27.7 Å². The maximum atomic E-state index is 13.2. The number of primary amides is 1. The Morgan fingerprint density at radius 1 is 0.756 bits per heavy atom. The predicted molar refractivity (Wildman–Crippen MR) is 152 cm³/mol. The van der Waals surface area contributed by atoms with E-state index in [0.717, 1.165) is 0 Å². The van der Waals surface area contributed by atoms with E-state index in [0.29, 0.717) is 6.42 Å². The van der Waals surface area contributed by atoms with Crippen LogP contribution in [0.3, 0.4) is 0 Å². The summed E-state index contributed by atoms with van der Waals surface area (Å²) in [5.41, 5.74) is 21.5. The fourth-order valence-electron chi connectivity index (χ4n) is 3.72. The van der Waals surface area contributed by atoms with Gasteiger partial charge in [-0.3, -0.25) is 29.0 Å². The third kappa shape index (κ3) is 17.4. The Hall–Kier alpha value is -3.95. The number of carbonyl (C=O) groups excluding carboxylic acids is 5. The first-order valence-corrected chi connectivity index (χ1v) is 13.5. The third-order valence-corrected chi connectivity index (χ3v) is 5.72. The van der Waals surface area contributed by atoms with Gasteiger partial charge in [0.1, 0.15) is 18.1 Å². The summed E-state index contributed by atoms with van der Waals surface area (Å²) < 4.78 is 0. The lowest BCUT2D eigenvalue weighted by Crippen LogP contribution is -2.57. The molecule has 0 heterocycles. The fourth-order valence-corrected chi connectivity index (χ4v) is 3.72. The number of carbonyl (C=O) groups is 6. The van der Waals surface area contributed by atoms with Crippen molar-refractivity contribution in [2.24, 2.45) is 39.8 Å². The van der Waals surface area contributed by atoms with Gasteiger partial charge in [-0.25, -0.2) is 4.79 Å². The number of nitrogens with one attached hydrogen (secondary N) is 4. The highest BCUT2D eigenvalue weighted by molar-refractivity contribution is 5.94. The van der Waals surface area contributed by atoms with Crippen molar-refractivity contribution in [1.82, 2.24) is 21.3 Å². The first kappa shape index (κ1) is 37.0. The van der Waals surface area contributed by atoms with E-state index >= 15 is 0 Å². The minimum Gasteiger partial charge on any atom is -0.480 e. The minimum atomic E-state index is -1.32. The number of nitrogens with zero attached hydrogens (tertiary/aromatic N) is 1. The van der Waals surface area contributed by atoms with Crippen LogP contribution in [0.2, 0.25) is 0 Å². The second-order valence-electron chi connectivity index (χ2n) is 10.6. The van der Waals surface area contributed by atoms with Gasteiger partial charge in [0.2, 0.25) is 29.5 Å².